The van der Waals surface area contributed by atoms with Gasteiger partial charge >= 0.3 is 0 Å². The van der Waals surface area contributed by atoms with E-state index in [0.29, 0.717) is 6.54 Å². The van der Waals surface area contributed by atoms with Crippen molar-refractivity contribution in [3.63, 3.8) is 0 Å². The zero-order chi connectivity index (χ0) is 5.82. The smallest absolute Gasteiger partial charge is 0.117 e. The lowest BCUT2D eigenvalue weighted by Crippen LogP contribution is -1.99. The molecule has 1 N–H and O–H groups in total. The van der Waals surface area contributed by atoms with Gasteiger partial charge in [-0.2, -0.15) is 0 Å². The fourth-order valence-electron chi connectivity index (χ4n) is 0.500. The highest BCUT2D eigenvalue weighted by molar-refractivity contribution is 4.97. The lowest BCUT2D eigenvalue weighted by Gasteiger charge is -1.88. The molecule has 0 amide bonds. The zero-order valence-electron chi connectivity index (χ0n) is 4.35. The summed E-state index contributed by atoms with van der Waals surface area (Å²) < 4.78 is 4.89. The molecule has 0 aliphatic rings. The summed E-state index contributed by atoms with van der Waals surface area (Å²) in [5.41, 5.74) is 0. The number of hydrogen-bond donors (Lipinski definition) is 1. The normalized spacial score (nSPS) is 9.62. The van der Waals surface area contributed by atoms with Crippen molar-refractivity contribution < 1.29 is 4.42 Å². The van der Waals surface area contributed by atoms with Crippen molar-refractivity contribution in [2.45, 2.75) is 6.54 Å². The SMILES string of the molecule is [C]NCc1ccco1. The van der Waals surface area contributed by atoms with E-state index in [1.807, 2.05) is 6.07 Å². The molecule has 0 atom stereocenters. The lowest BCUT2D eigenvalue weighted by atomic mass is 10.4. The molecule has 0 saturated carbocycles. The van der Waals surface area contributed by atoms with Gasteiger partial charge in [0.1, 0.15) is 5.76 Å². The van der Waals surface area contributed by atoms with Crippen LogP contribution in [0.5, 0.6) is 0 Å². The predicted octanol–water partition coefficient (Wildman–Crippen LogP) is 0.915. The second kappa shape index (κ2) is 2.52. The average molecular weight is 108 g/mol. The van der Waals surface area contributed by atoms with E-state index < -0.39 is 0 Å². The molecule has 41 valence electrons. The molecule has 0 bridgehead atoms. The number of hydrogen-bond acceptors (Lipinski definition) is 2. The van der Waals surface area contributed by atoms with Crippen LogP contribution in [0.3, 0.4) is 0 Å². The molecule has 2 nitrogen and oxygen atoms in total. The van der Waals surface area contributed by atoms with Crippen LogP contribution in [0.2, 0.25) is 0 Å². The quantitative estimate of drug-likeness (QED) is 0.609. The second-order valence-corrected chi connectivity index (χ2v) is 1.43. The Morgan fingerprint density at radius 1 is 1.75 bits per heavy atom. The molecule has 0 aliphatic heterocycles. The first-order chi connectivity index (χ1) is 3.93. The summed E-state index contributed by atoms with van der Waals surface area (Å²) in [6.45, 7) is 0.479. The lowest BCUT2D eigenvalue weighted by molar-refractivity contribution is 0.499. The number of rotatable bonds is 2. The highest BCUT2D eigenvalue weighted by Gasteiger charge is 1.88. The van der Waals surface area contributed by atoms with Gasteiger partial charge in [-0.1, -0.05) is 0 Å². The van der Waals surface area contributed by atoms with Gasteiger partial charge in [0.05, 0.1) is 19.9 Å². The van der Waals surface area contributed by atoms with Crippen LogP contribution in [-0.2, 0) is 6.54 Å². The highest BCUT2D eigenvalue weighted by atomic mass is 16.3. The summed E-state index contributed by atoms with van der Waals surface area (Å²) in [5, 5.41) is 2.23. The van der Waals surface area contributed by atoms with E-state index in [-0.39, 0.29) is 0 Å². The minimum Gasteiger partial charge on any atom is -0.468 e. The Labute approximate surface area is 48.5 Å². The second-order valence-electron chi connectivity index (χ2n) is 1.43. The van der Waals surface area contributed by atoms with Gasteiger partial charge in [-0.05, 0) is 12.1 Å². The van der Waals surface area contributed by atoms with E-state index in [0.717, 1.165) is 5.76 Å². The van der Waals surface area contributed by atoms with Gasteiger partial charge in [0, 0.05) is 0 Å². The van der Waals surface area contributed by atoms with Crippen LogP contribution in [0.25, 0.3) is 0 Å². The van der Waals surface area contributed by atoms with E-state index in [1.54, 1.807) is 12.3 Å². The van der Waals surface area contributed by atoms with E-state index in [2.05, 4.69) is 5.32 Å². The molecule has 0 unspecified atom stereocenters. The summed E-state index contributed by atoms with van der Waals surface area (Å²) >= 11 is 0. The van der Waals surface area contributed by atoms with Crippen LogP contribution < -0.4 is 5.32 Å². The van der Waals surface area contributed by atoms with Gasteiger partial charge in [-0.3, -0.25) is 5.32 Å². The summed E-state index contributed by atoms with van der Waals surface area (Å²) in [6, 6.07) is 3.62. The third-order valence-corrected chi connectivity index (χ3v) is 0.843. The maximum Gasteiger partial charge on any atom is 0.117 e. The summed E-state index contributed by atoms with van der Waals surface area (Å²) in [7, 11) is 6.57. The third-order valence-electron chi connectivity index (χ3n) is 0.843. The monoisotopic (exact) mass is 108 g/mol. The molecule has 0 aliphatic carbocycles. The largest absolute Gasteiger partial charge is 0.468 e. The molecule has 0 saturated heterocycles. The molecule has 3 radical (unpaired) electrons. The molecule has 2 heteroatoms. The summed E-state index contributed by atoms with van der Waals surface area (Å²) in [6.07, 6.45) is 1.59. The molecule has 1 aromatic rings. The van der Waals surface area contributed by atoms with Gasteiger partial charge < -0.3 is 4.42 Å². The fourth-order valence-corrected chi connectivity index (χ4v) is 0.500. The Balaban J connectivity index is 2.50. The molecular weight excluding hydrogens is 102 g/mol. The van der Waals surface area contributed by atoms with Crippen molar-refractivity contribution in [1.29, 1.82) is 0 Å². The molecule has 1 heterocycles. The van der Waals surface area contributed by atoms with E-state index in [9.17, 15) is 0 Å². The first kappa shape index (κ1) is 5.38. The average Bonchev–Trinajstić information content (AvgIpc) is 2.19. The third kappa shape index (κ3) is 1.10. The Morgan fingerprint density at radius 3 is 3.12 bits per heavy atom. The maximum absolute atomic E-state index is 6.57. The standard InChI is InChI=1S/C6H6NO/c1-7-5-6-3-2-4-8-6/h2-4,7H,5H2. The molecule has 8 heavy (non-hydrogen) atoms. The van der Waals surface area contributed by atoms with E-state index in [1.165, 1.54) is 0 Å². The van der Waals surface area contributed by atoms with Crippen LogP contribution in [0.4, 0.5) is 0 Å². The van der Waals surface area contributed by atoms with Crippen molar-refractivity contribution in [1.82, 2.24) is 5.32 Å². The van der Waals surface area contributed by atoms with Gasteiger partial charge in [0.15, 0.2) is 0 Å². The first-order valence-corrected chi connectivity index (χ1v) is 2.35. The Morgan fingerprint density at radius 2 is 2.62 bits per heavy atom. The molecular formula is C6H6NO. The Hall–Kier alpha value is -0.760. The van der Waals surface area contributed by atoms with Crippen molar-refractivity contribution in [2.24, 2.45) is 0 Å². The minimum atomic E-state index is 0.479. The van der Waals surface area contributed by atoms with Crippen LogP contribution >= 0.6 is 0 Å². The topological polar surface area (TPSA) is 25.2 Å². The van der Waals surface area contributed by atoms with E-state index in [4.69, 9.17) is 11.5 Å². The van der Waals surface area contributed by atoms with Gasteiger partial charge in [-0.25, -0.2) is 0 Å². The molecule has 1 rings (SSSR count). The van der Waals surface area contributed by atoms with Crippen LogP contribution in [0.1, 0.15) is 5.76 Å². The first-order valence-electron chi connectivity index (χ1n) is 2.35. The molecule has 0 aromatic carbocycles. The maximum atomic E-state index is 6.57. The van der Waals surface area contributed by atoms with Crippen LogP contribution in [0.15, 0.2) is 22.8 Å². The van der Waals surface area contributed by atoms with Crippen molar-refractivity contribution in [3.8, 4) is 0 Å². The summed E-state index contributed by atoms with van der Waals surface area (Å²) in [4.78, 5) is 0. The molecule has 1 aromatic heterocycles. The predicted molar refractivity (Wildman–Crippen MR) is 28.8 cm³/mol. The van der Waals surface area contributed by atoms with Crippen molar-refractivity contribution in [3.05, 3.63) is 31.2 Å². The number of nitrogens with one attached hydrogen (secondary N) is 1. The van der Waals surface area contributed by atoms with Gasteiger partial charge in [0.2, 0.25) is 0 Å². The molecule has 0 fully saturated rings. The fraction of sp³-hybridized carbons (Fsp3) is 0.167. The van der Waals surface area contributed by atoms with E-state index >= 15 is 0 Å². The molecule has 0 spiro atoms. The van der Waals surface area contributed by atoms with Crippen molar-refractivity contribution >= 4 is 0 Å². The summed E-state index contributed by atoms with van der Waals surface area (Å²) in [5.74, 6) is 0.792. The Kier molecular flexibility index (Phi) is 1.70. The number of furan rings is 1. The highest BCUT2D eigenvalue weighted by Crippen LogP contribution is 1.97. The van der Waals surface area contributed by atoms with Crippen molar-refractivity contribution in [2.75, 3.05) is 0 Å². The minimum absolute atomic E-state index is 0.479. The Bertz CT molecular complexity index is 134. The van der Waals surface area contributed by atoms with Crippen LogP contribution in [-0.4, -0.2) is 0 Å². The van der Waals surface area contributed by atoms with Gasteiger partial charge in [0.25, 0.3) is 0 Å². The van der Waals surface area contributed by atoms with Gasteiger partial charge in [-0.15, -0.1) is 0 Å². The zero-order valence-corrected chi connectivity index (χ0v) is 4.35. The van der Waals surface area contributed by atoms with Crippen LogP contribution in [0, 0.1) is 7.05 Å².